The third-order valence-corrected chi connectivity index (χ3v) is 3.35. The second-order valence-electron chi connectivity index (χ2n) is 4.58. The van der Waals surface area contributed by atoms with Crippen molar-refractivity contribution in [2.75, 3.05) is 13.6 Å². The van der Waals surface area contributed by atoms with Crippen LogP contribution in [0.4, 0.5) is 0 Å². The van der Waals surface area contributed by atoms with Gasteiger partial charge in [0.1, 0.15) is 0 Å². The average Bonchev–Trinajstić information content (AvgIpc) is 2.54. The van der Waals surface area contributed by atoms with Gasteiger partial charge in [0.2, 0.25) is 5.91 Å². The maximum atomic E-state index is 12.2. The molecule has 92 valence electrons. The van der Waals surface area contributed by atoms with Crippen LogP contribution in [0.1, 0.15) is 24.8 Å². The van der Waals surface area contributed by atoms with Crippen LogP contribution in [-0.4, -0.2) is 30.4 Å². The van der Waals surface area contributed by atoms with Crippen LogP contribution in [0, 0.1) is 0 Å². The molecule has 0 radical (unpaired) electrons. The molecular weight excluding hydrogens is 212 g/mol. The van der Waals surface area contributed by atoms with Gasteiger partial charge in [0.05, 0.1) is 6.04 Å². The van der Waals surface area contributed by atoms with Gasteiger partial charge in [-0.05, 0) is 31.9 Å². The highest BCUT2D eigenvalue weighted by molar-refractivity contribution is 5.82. The van der Waals surface area contributed by atoms with Crippen LogP contribution in [0.25, 0.3) is 0 Å². The number of nitrogens with zero attached hydrogens (tertiary/aromatic N) is 1. The van der Waals surface area contributed by atoms with Crippen LogP contribution in [0.2, 0.25) is 0 Å². The predicted octanol–water partition coefficient (Wildman–Crippen LogP) is 1.79. The summed E-state index contributed by atoms with van der Waals surface area (Å²) in [7, 11) is 1.87. The number of likely N-dealkylation sites (tertiary alicyclic amines) is 1. The van der Waals surface area contributed by atoms with Crippen molar-refractivity contribution in [1.82, 2.24) is 10.2 Å². The standard InChI is InChI=1S/C14H20N2O/c1-15-13-9-5-6-10-16(14(13)17)11-12-7-3-2-4-8-12/h2-4,7-8,13,15H,5-6,9-11H2,1H3/t13-/m0/s1. The molecule has 1 aromatic rings. The Bertz CT molecular complexity index is 364. The van der Waals surface area contributed by atoms with E-state index >= 15 is 0 Å². The summed E-state index contributed by atoms with van der Waals surface area (Å²) in [5.41, 5.74) is 1.21. The number of nitrogens with one attached hydrogen (secondary N) is 1. The molecule has 3 heteroatoms. The van der Waals surface area contributed by atoms with Gasteiger partial charge in [-0.3, -0.25) is 4.79 Å². The summed E-state index contributed by atoms with van der Waals surface area (Å²) in [6.45, 7) is 1.61. The lowest BCUT2D eigenvalue weighted by molar-refractivity contribution is -0.133. The van der Waals surface area contributed by atoms with E-state index in [9.17, 15) is 4.79 Å². The van der Waals surface area contributed by atoms with Gasteiger partial charge >= 0.3 is 0 Å². The number of hydrogen-bond acceptors (Lipinski definition) is 2. The molecule has 0 unspecified atom stereocenters. The average molecular weight is 232 g/mol. The lowest BCUT2D eigenvalue weighted by atomic mass is 10.1. The summed E-state index contributed by atoms with van der Waals surface area (Å²) in [4.78, 5) is 14.2. The molecule has 1 aromatic carbocycles. The molecule has 1 N–H and O–H groups in total. The number of hydrogen-bond donors (Lipinski definition) is 1. The number of rotatable bonds is 3. The zero-order chi connectivity index (χ0) is 12.1. The first kappa shape index (κ1) is 12.1. The third-order valence-electron chi connectivity index (χ3n) is 3.35. The number of likely N-dealkylation sites (N-methyl/N-ethyl adjacent to an activating group) is 1. The van der Waals surface area contributed by atoms with E-state index in [4.69, 9.17) is 0 Å². The molecule has 0 saturated carbocycles. The molecule has 3 nitrogen and oxygen atoms in total. The topological polar surface area (TPSA) is 32.3 Å². The van der Waals surface area contributed by atoms with Gasteiger partial charge in [-0.1, -0.05) is 30.3 Å². The first-order valence-electron chi connectivity index (χ1n) is 6.31. The molecule has 17 heavy (non-hydrogen) atoms. The van der Waals surface area contributed by atoms with Crippen molar-refractivity contribution < 1.29 is 4.79 Å². The van der Waals surface area contributed by atoms with Crippen LogP contribution in [0.5, 0.6) is 0 Å². The van der Waals surface area contributed by atoms with Crippen molar-refractivity contribution >= 4 is 5.91 Å². The fourth-order valence-electron chi connectivity index (χ4n) is 2.33. The normalized spacial score (nSPS) is 21.4. The molecule has 0 aromatic heterocycles. The Kier molecular flexibility index (Phi) is 4.15. The van der Waals surface area contributed by atoms with Gasteiger partial charge < -0.3 is 10.2 Å². The zero-order valence-corrected chi connectivity index (χ0v) is 10.4. The molecule has 1 aliphatic rings. The zero-order valence-electron chi connectivity index (χ0n) is 10.4. The van der Waals surface area contributed by atoms with Crippen LogP contribution >= 0.6 is 0 Å². The summed E-state index contributed by atoms with van der Waals surface area (Å²) in [6.07, 6.45) is 3.19. The second kappa shape index (κ2) is 5.82. The fourth-order valence-corrected chi connectivity index (χ4v) is 2.33. The van der Waals surface area contributed by atoms with Gasteiger partial charge in [0.25, 0.3) is 0 Å². The Morgan fingerprint density at radius 2 is 2.06 bits per heavy atom. The largest absolute Gasteiger partial charge is 0.337 e. The number of carbonyl (C=O) groups excluding carboxylic acids is 1. The summed E-state index contributed by atoms with van der Waals surface area (Å²) in [6, 6.07) is 10.2. The first-order valence-corrected chi connectivity index (χ1v) is 6.31. The number of amides is 1. The fraction of sp³-hybridized carbons (Fsp3) is 0.500. The molecule has 1 heterocycles. The third kappa shape index (κ3) is 3.07. The van der Waals surface area contributed by atoms with Gasteiger partial charge in [-0.15, -0.1) is 0 Å². The maximum absolute atomic E-state index is 12.2. The van der Waals surface area contributed by atoms with Crippen molar-refractivity contribution in [3.63, 3.8) is 0 Å². The molecule has 1 fully saturated rings. The molecule has 0 bridgehead atoms. The maximum Gasteiger partial charge on any atom is 0.239 e. The van der Waals surface area contributed by atoms with Crippen molar-refractivity contribution in [2.24, 2.45) is 0 Å². The number of carbonyl (C=O) groups is 1. The molecule has 1 aliphatic heterocycles. The van der Waals surface area contributed by atoms with E-state index in [2.05, 4.69) is 17.4 Å². The highest BCUT2D eigenvalue weighted by Crippen LogP contribution is 2.14. The SMILES string of the molecule is CN[C@H]1CCCCN(Cc2ccccc2)C1=O. The van der Waals surface area contributed by atoms with Gasteiger partial charge in [0, 0.05) is 13.1 Å². The van der Waals surface area contributed by atoms with E-state index in [1.54, 1.807) is 0 Å². The quantitative estimate of drug-likeness (QED) is 0.861. The Morgan fingerprint density at radius 3 is 2.76 bits per heavy atom. The number of benzene rings is 1. The van der Waals surface area contributed by atoms with E-state index in [-0.39, 0.29) is 11.9 Å². The monoisotopic (exact) mass is 232 g/mol. The highest BCUT2D eigenvalue weighted by atomic mass is 16.2. The van der Waals surface area contributed by atoms with E-state index in [0.717, 1.165) is 32.4 Å². The van der Waals surface area contributed by atoms with Crippen LogP contribution in [0.15, 0.2) is 30.3 Å². The minimum atomic E-state index is 0.00112. The lowest BCUT2D eigenvalue weighted by Gasteiger charge is -2.24. The predicted molar refractivity (Wildman–Crippen MR) is 68.6 cm³/mol. The van der Waals surface area contributed by atoms with Crippen LogP contribution in [0.3, 0.4) is 0 Å². The molecule has 0 spiro atoms. The Balaban J connectivity index is 2.06. The van der Waals surface area contributed by atoms with E-state index in [1.165, 1.54) is 5.56 Å². The van der Waals surface area contributed by atoms with Crippen molar-refractivity contribution in [3.8, 4) is 0 Å². The van der Waals surface area contributed by atoms with Gasteiger partial charge in [0.15, 0.2) is 0 Å². The summed E-state index contributed by atoms with van der Waals surface area (Å²) >= 11 is 0. The van der Waals surface area contributed by atoms with Crippen LogP contribution in [-0.2, 0) is 11.3 Å². The molecule has 1 atom stereocenters. The second-order valence-corrected chi connectivity index (χ2v) is 4.58. The molecular formula is C14H20N2O. The lowest BCUT2D eigenvalue weighted by Crippen LogP contribution is -2.43. The van der Waals surface area contributed by atoms with Crippen molar-refractivity contribution in [3.05, 3.63) is 35.9 Å². The molecule has 1 amide bonds. The van der Waals surface area contributed by atoms with Crippen molar-refractivity contribution in [1.29, 1.82) is 0 Å². The molecule has 0 aliphatic carbocycles. The Labute approximate surface area is 103 Å². The summed E-state index contributed by atoms with van der Waals surface area (Å²) < 4.78 is 0. The Hall–Kier alpha value is -1.35. The van der Waals surface area contributed by atoms with Crippen LogP contribution < -0.4 is 5.32 Å². The minimum absolute atomic E-state index is 0.00112. The molecule has 2 rings (SSSR count). The Morgan fingerprint density at radius 1 is 1.29 bits per heavy atom. The van der Waals surface area contributed by atoms with E-state index in [0.29, 0.717) is 0 Å². The summed E-state index contributed by atoms with van der Waals surface area (Å²) in [5.74, 6) is 0.244. The highest BCUT2D eigenvalue weighted by Gasteiger charge is 2.25. The van der Waals surface area contributed by atoms with E-state index in [1.807, 2.05) is 30.1 Å². The smallest absolute Gasteiger partial charge is 0.239 e. The van der Waals surface area contributed by atoms with Crippen molar-refractivity contribution in [2.45, 2.75) is 31.8 Å². The minimum Gasteiger partial charge on any atom is -0.337 e. The molecule has 1 saturated heterocycles. The first-order chi connectivity index (χ1) is 8.31. The van der Waals surface area contributed by atoms with Gasteiger partial charge in [-0.25, -0.2) is 0 Å². The summed E-state index contributed by atoms with van der Waals surface area (Å²) in [5, 5.41) is 3.12. The van der Waals surface area contributed by atoms with E-state index < -0.39 is 0 Å². The van der Waals surface area contributed by atoms with Gasteiger partial charge in [-0.2, -0.15) is 0 Å².